The fraction of sp³-hybridized carbons (Fsp3) is 0.364. The van der Waals surface area contributed by atoms with Gasteiger partial charge in [0.25, 0.3) is 0 Å². The molecule has 0 spiro atoms. The number of ether oxygens (including phenoxy) is 4. The highest BCUT2D eigenvalue weighted by Gasteiger charge is 2.29. The van der Waals surface area contributed by atoms with Crippen molar-refractivity contribution in [2.45, 2.75) is 45.2 Å². The van der Waals surface area contributed by atoms with Gasteiger partial charge >= 0.3 is 0 Å². The molecule has 4 rings (SSSR count). The topological polar surface area (TPSA) is 124 Å². The van der Waals surface area contributed by atoms with Gasteiger partial charge in [-0.2, -0.15) is 0 Å². The van der Waals surface area contributed by atoms with E-state index in [1.165, 1.54) is 20.1 Å². The van der Waals surface area contributed by atoms with Gasteiger partial charge in [0.05, 0.1) is 40.2 Å². The van der Waals surface area contributed by atoms with E-state index in [4.69, 9.17) is 18.9 Å². The first-order valence-electron chi connectivity index (χ1n) is 14.1. The summed E-state index contributed by atoms with van der Waals surface area (Å²) in [5.41, 5.74) is 4.07. The lowest BCUT2D eigenvalue weighted by Gasteiger charge is -2.19. The van der Waals surface area contributed by atoms with Gasteiger partial charge < -0.3 is 34.9 Å². The highest BCUT2D eigenvalue weighted by molar-refractivity contribution is 5.85. The smallest absolute Gasteiger partial charge is 0.242 e. The summed E-state index contributed by atoms with van der Waals surface area (Å²) in [5.74, 6) is 1.76. The van der Waals surface area contributed by atoms with Crippen LogP contribution in [0.4, 0.5) is 5.69 Å². The van der Waals surface area contributed by atoms with E-state index in [-0.39, 0.29) is 22.9 Å². The van der Waals surface area contributed by atoms with Crippen LogP contribution in [0.2, 0.25) is 0 Å². The third-order valence-corrected chi connectivity index (χ3v) is 7.55. The second-order valence-corrected chi connectivity index (χ2v) is 10.4. The maximum atomic E-state index is 13.5. The summed E-state index contributed by atoms with van der Waals surface area (Å²) in [6.45, 7) is 3.60. The summed E-state index contributed by atoms with van der Waals surface area (Å²) in [5, 5.41) is 9.00. The number of methoxy groups -OCH3 is 4. The van der Waals surface area contributed by atoms with Gasteiger partial charge in [-0.3, -0.25) is 14.4 Å². The maximum Gasteiger partial charge on any atom is 0.242 e. The Balaban J connectivity index is 1.65. The van der Waals surface area contributed by atoms with Crippen LogP contribution in [0.3, 0.4) is 0 Å². The third-order valence-electron chi connectivity index (χ3n) is 7.55. The van der Waals surface area contributed by atoms with Gasteiger partial charge in [0.2, 0.25) is 23.0 Å². The van der Waals surface area contributed by atoms with E-state index in [2.05, 4.69) is 16.0 Å². The molecule has 228 valence electrons. The summed E-state index contributed by atoms with van der Waals surface area (Å²) >= 11 is 0. The van der Waals surface area contributed by atoms with Gasteiger partial charge in [-0.05, 0) is 78.8 Å². The second-order valence-electron chi connectivity index (χ2n) is 10.4. The van der Waals surface area contributed by atoms with E-state index in [0.717, 1.165) is 22.4 Å². The summed E-state index contributed by atoms with van der Waals surface area (Å²) in [6.07, 6.45) is 1.81. The van der Waals surface area contributed by atoms with Gasteiger partial charge in [-0.25, -0.2) is 0 Å². The average Bonchev–Trinajstić information content (AvgIpc) is 3.24. The minimum absolute atomic E-state index is 0.207. The Morgan fingerprint density at radius 1 is 0.930 bits per heavy atom. The standard InChI is InChI=1S/C33H39N3O7/c1-19(33(39)34-16-15-21-7-10-23(40-3)11-8-21)35-27-14-12-24-25(18-28(27)38)26(36-20(2)37)13-9-22-17-29(41-4)31(42-5)32(43-6)30(22)24/h7-8,10-12,14,17-19,26H,9,13,15-16H2,1-6H3,(H,34,39)(H,35,38)(H,36,37)/t19-,26-/m0/s1. The first-order chi connectivity index (χ1) is 20.7. The first-order valence-corrected chi connectivity index (χ1v) is 14.1. The number of hydrogen-bond donors (Lipinski definition) is 3. The zero-order chi connectivity index (χ0) is 31.1. The highest BCUT2D eigenvalue weighted by Crippen LogP contribution is 2.50. The van der Waals surface area contributed by atoms with Crippen molar-refractivity contribution in [2.75, 3.05) is 40.3 Å². The second kappa shape index (κ2) is 14.0. The van der Waals surface area contributed by atoms with Crippen LogP contribution in [0, 0.1) is 0 Å². The zero-order valence-corrected chi connectivity index (χ0v) is 25.5. The Morgan fingerprint density at radius 2 is 1.65 bits per heavy atom. The Bertz CT molecular complexity index is 1540. The molecule has 2 amide bonds. The largest absolute Gasteiger partial charge is 0.497 e. The zero-order valence-electron chi connectivity index (χ0n) is 25.5. The van der Waals surface area contributed by atoms with Crippen LogP contribution < -0.4 is 40.3 Å². The van der Waals surface area contributed by atoms with Crippen LogP contribution in [0.25, 0.3) is 11.1 Å². The molecule has 43 heavy (non-hydrogen) atoms. The molecular weight excluding hydrogens is 550 g/mol. The summed E-state index contributed by atoms with van der Waals surface area (Å²) < 4.78 is 22.2. The SMILES string of the molecule is COc1ccc(CCNC(=O)[C@H](C)Nc2ccc3c(cc2=O)[C@@H](NC(C)=O)CCc2cc(OC)c(OC)c(OC)c2-3)cc1. The monoisotopic (exact) mass is 589 g/mol. The predicted molar refractivity (Wildman–Crippen MR) is 165 cm³/mol. The van der Waals surface area contributed by atoms with Crippen LogP contribution >= 0.6 is 0 Å². The van der Waals surface area contributed by atoms with Crippen LogP contribution in [-0.2, 0) is 22.4 Å². The number of carbonyl (C=O) groups excluding carboxylic acids is 2. The van der Waals surface area contributed by atoms with Crippen molar-refractivity contribution in [1.29, 1.82) is 0 Å². The van der Waals surface area contributed by atoms with E-state index in [1.807, 2.05) is 36.4 Å². The van der Waals surface area contributed by atoms with Crippen molar-refractivity contribution < 1.29 is 28.5 Å². The Kier molecular flexibility index (Phi) is 10.1. The molecule has 0 unspecified atom stereocenters. The Labute approximate surface area is 251 Å². The van der Waals surface area contributed by atoms with E-state index in [9.17, 15) is 14.4 Å². The fourth-order valence-electron chi connectivity index (χ4n) is 5.40. The van der Waals surface area contributed by atoms with E-state index >= 15 is 0 Å². The summed E-state index contributed by atoms with van der Waals surface area (Å²) in [7, 11) is 6.27. The molecule has 10 nitrogen and oxygen atoms in total. The van der Waals surface area contributed by atoms with Crippen LogP contribution in [0.5, 0.6) is 23.0 Å². The van der Waals surface area contributed by atoms with Crippen LogP contribution in [0.15, 0.2) is 53.3 Å². The minimum Gasteiger partial charge on any atom is -0.497 e. The molecule has 0 saturated carbocycles. The van der Waals surface area contributed by atoms with E-state index in [1.54, 1.807) is 34.3 Å². The number of anilines is 1. The number of benzene rings is 2. The highest BCUT2D eigenvalue weighted by atomic mass is 16.5. The molecule has 0 fully saturated rings. The minimum atomic E-state index is -0.678. The third kappa shape index (κ3) is 7.02. The van der Waals surface area contributed by atoms with Gasteiger partial charge in [0, 0.05) is 19.0 Å². The molecule has 0 radical (unpaired) electrons. The van der Waals surface area contributed by atoms with E-state index < -0.39 is 12.1 Å². The van der Waals surface area contributed by atoms with Crippen LogP contribution in [0.1, 0.15) is 43.0 Å². The predicted octanol–water partition coefficient (Wildman–Crippen LogP) is 4.03. The fourth-order valence-corrected chi connectivity index (χ4v) is 5.40. The molecule has 0 heterocycles. The number of rotatable bonds is 11. The Morgan fingerprint density at radius 3 is 2.28 bits per heavy atom. The van der Waals surface area contributed by atoms with Crippen molar-refractivity contribution in [3.8, 4) is 34.1 Å². The molecule has 3 aromatic carbocycles. The molecular formula is C33H39N3O7. The molecule has 0 aliphatic heterocycles. The number of fused-ring (bicyclic) bond motifs is 3. The lowest BCUT2D eigenvalue weighted by Crippen LogP contribution is -2.39. The van der Waals surface area contributed by atoms with E-state index in [0.29, 0.717) is 54.2 Å². The van der Waals surface area contributed by atoms with Gasteiger partial charge in [0.15, 0.2) is 11.5 Å². The lowest BCUT2D eigenvalue weighted by atomic mass is 9.95. The first kappa shape index (κ1) is 31.2. The maximum absolute atomic E-state index is 13.5. The molecule has 1 aliphatic carbocycles. The molecule has 0 saturated heterocycles. The number of nitrogens with one attached hydrogen (secondary N) is 3. The quantitative estimate of drug-likeness (QED) is 0.306. The van der Waals surface area contributed by atoms with Gasteiger partial charge in [0.1, 0.15) is 11.8 Å². The summed E-state index contributed by atoms with van der Waals surface area (Å²) in [6, 6.07) is 13.5. The summed E-state index contributed by atoms with van der Waals surface area (Å²) in [4.78, 5) is 38.6. The van der Waals surface area contributed by atoms with Crippen molar-refractivity contribution in [2.24, 2.45) is 0 Å². The molecule has 10 heteroatoms. The number of carbonyl (C=O) groups is 2. The van der Waals surface area contributed by atoms with Crippen molar-refractivity contribution >= 4 is 17.5 Å². The van der Waals surface area contributed by atoms with Crippen LogP contribution in [-0.4, -0.2) is 52.8 Å². The average molecular weight is 590 g/mol. The normalized spacial score (nSPS) is 14.2. The molecule has 2 atom stereocenters. The van der Waals surface area contributed by atoms with Gasteiger partial charge in [-0.1, -0.05) is 18.2 Å². The molecule has 3 N–H and O–H groups in total. The molecule has 0 bridgehead atoms. The molecule has 3 aromatic rings. The molecule has 1 aliphatic rings. The van der Waals surface area contributed by atoms with Crippen molar-refractivity contribution in [3.63, 3.8) is 0 Å². The van der Waals surface area contributed by atoms with Gasteiger partial charge in [-0.15, -0.1) is 0 Å². The Hall–Kier alpha value is -4.73. The van der Waals surface area contributed by atoms with Crippen molar-refractivity contribution in [1.82, 2.24) is 10.6 Å². The number of aryl methyl sites for hydroxylation is 1. The molecule has 0 aromatic heterocycles. The number of amides is 2. The van der Waals surface area contributed by atoms with Crippen molar-refractivity contribution in [3.05, 3.63) is 75.4 Å². The number of hydrogen-bond acceptors (Lipinski definition) is 8. The lowest BCUT2D eigenvalue weighted by molar-refractivity contribution is -0.121.